The first-order valence-corrected chi connectivity index (χ1v) is 12.1. The van der Waals surface area contributed by atoms with Crippen molar-refractivity contribution in [3.63, 3.8) is 0 Å². The molecule has 1 saturated heterocycles. The highest BCUT2D eigenvalue weighted by molar-refractivity contribution is 6.44. The van der Waals surface area contributed by atoms with Crippen molar-refractivity contribution in [1.29, 1.82) is 0 Å². The van der Waals surface area contributed by atoms with E-state index in [0.717, 1.165) is 32.2 Å². The first-order chi connectivity index (χ1) is 16.3. The lowest BCUT2D eigenvalue weighted by molar-refractivity contribution is -0.141. The van der Waals surface area contributed by atoms with Crippen LogP contribution in [0.1, 0.15) is 60.4 Å². The minimum absolute atomic E-state index is 0.0518. The number of rotatable bonds is 10. The summed E-state index contributed by atoms with van der Waals surface area (Å²) in [7, 11) is -1.50. The zero-order chi connectivity index (χ0) is 24.4. The monoisotopic (exact) mass is 475 g/mol. The maximum atomic E-state index is 12.6. The second-order valence-corrected chi connectivity index (χ2v) is 9.80. The van der Waals surface area contributed by atoms with Crippen LogP contribution in [0.15, 0.2) is 12.1 Å². The molecule has 0 radical (unpaired) electrons. The zero-order valence-electron chi connectivity index (χ0n) is 19.2. The number of aromatic hydroxyl groups is 1. The van der Waals surface area contributed by atoms with Gasteiger partial charge >= 0.3 is 13.1 Å². The van der Waals surface area contributed by atoms with Crippen LogP contribution in [0.3, 0.4) is 0 Å². The second kappa shape index (κ2) is 10.5. The number of hydrogen-bond donors (Lipinski definition) is 6. The van der Waals surface area contributed by atoms with Gasteiger partial charge in [-0.2, -0.15) is 0 Å². The molecule has 1 aliphatic heterocycles. The van der Waals surface area contributed by atoms with E-state index in [0.29, 0.717) is 50.0 Å². The lowest BCUT2D eigenvalue weighted by atomic mass is 9.81. The van der Waals surface area contributed by atoms with Gasteiger partial charge in [-0.15, -0.1) is 0 Å². The van der Waals surface area contributed by atoms with E-state index in [4.69, 9.17) is 10.5 Å². The van der Waals surface area contributed by atoms with E-state index >= 15 is 0 Å². The number of hydrogen-bond acceptors (Lipinski definition) is 8. The lowest BCUT2D eigenvalue weighted by Gasteiger charge is -2.40. The third-order valence-electron chi connectivity index (χ3n) is 7.39. The summed E-state index contributed by atoms with van der Waals surface area (Å²) in [4.78, 5) is 26.2. The van der Waals surface area contributed by atoms with Crippen LogP contribution in [0.2, 0.25) is 5.82 Å². The number of nitrogens with one attached hydrogen (secondary N) is 1. The van der Waals surface area contributed by atoms with E-state index in [1.54, 1.807) is 11.0 Å². The van der Waals surface area contributed by atoms with E-state index in [2.05, 4.69) is 5.32 Å². The van der Waals surface area contributed by atoms with E-state index < -0.39 is 24.7 Å². The van der Waals surface area contributed by atoms with Gasteiger partial charge in [0.2, 0.25) is 5.91 Å². The molecule has 2 atom stereocenters. The van der Waals surface area contributed by atoms with Crippen LogP contribution >= 0.6 is 0 Å². The standard InChI is InChI=1S/C23H34BN3O7/c25-7-8-26-14-3-1-13(2-4-14)9-20(28)27-11-15(12-27)34-19-6-5-16(17-10-18(17)24(32)33)22(29)21(19)23(30)31/h5-6,13-15,17-18,26,29,32-33H,1-4,7-12,25H2,(H,30,31)/t13-,14-,17-,18-/m0/s1. The molecule has 4 rings (SSSR count). The molecular weight excluding hydrogens is 441 g/mol. The Balaban J connectivity index is 1.27. The molecule has 0 aromatic heterocycles. The van der Waals surface area contributed by atoms with E-state index in [1.807, 2.05) is 0 Å². The van der Waals surface area contributed by atoms with Crippen molar-refractivity contribution in [1.82, 2.24) is 10.2 Å². The molecule has 7 N–H and O–H groups in total. The highest BCUT2D eigenvalue weighted by Crippen LogP contribution is 2.56. The molecule has 0 bridgehead atoms. The van der Waals surface area contributed by atoms with Crippen LogP contribution in [0.5, 0.6) is 11.5 Å². The number of carbonyl (C=O) groups is 2. The third kappa shape index (κ3) is 5.48. The van der Waals surface area contributed by atoms with Crippen molar-refractivity contribution in [3.8, 4) is 11.5 Å². The molecule has 1 aromatic carbocycles. The largest absolute Gasteiger partial charge is 0.507 e. The number of amides is 1. The lowest BCUT2D eigenvalue weighted by Crippen LogP contribution is -2.56. The first-order valence-electron chi connectivity index (χ1n) is 12.1. The molecule has 34 heavy (non-hydrogen) atoms. The van der Waals surface area contributed by atoms with Gasteiger partial charge in [0.15, 0.2) is 0 Å². The molecule has 0 unspecified atom stereocenters. The SMILES string of the molecule is NCCN[C@H]1CC[C@H](CC(=O)N2CC(Oc3ccc([C@@H]4C[C@@H]4B(O)O)c(O)c3C(=O)O)C2)CC1. The van der Waals surface area contributed by atoms with E-state index in [-0.39, 0.29) is 29.2 Å². The molecule has 2 saturated carbocycles. The van der Waals surface area contributed by atoms with Gasteiger partial charge in [-0.25, -0.2) is 4.79 Å². The Kier molecular flexibility index (Phi) is 7.66. The first kappa shape index (κ1) is 24.8. The summed E-state index contributed by atoms with van der Waals surface area (Å²) < 4.78 is 5.82. The van der Waals surface area contributed by atoms with Gasteiger partial charge in [0, 0.05) is 31.4 Å². The number of phenols is 1. The summed E-state index contributed by atoms with van der Waals surface area (Å²) >= 11 is 0. The van der Waals surface area contributed by atoms with E-state index in [1.165, 1.54) is 6.07 Å². The fourth-order valence-electron chi connectivity index (χ4n) is 5.22. The average molecular weight is 475 g/mol. The molecule has 1 amide bonds. The Hall–Kier alpha value is -2.34. The Morgan fingerprint density at radius 3 is 2.47 bits per heavy atom. The highest BCUT2D eigenvalue weighted by atomic mass is 16.5. The summed E-state index contributed by atoms with van der Waals surface area (Å²) in [6.45, 7) is 2.22. The quantitative estimate of drug-likeness (QED) is 0.264. The van der Waals surface area contributed by atoms with Crippen LogP contribution in [0.4, 0.5) is 0 Å². The number of ether oxygens (including phenoxy) is 1. The van der Waals surface area contributed by atoms with Crippen LogP contribution in [-0.2, 0) is 4.79 Å². The Morgan fingerprint density at radius 1 is 1.18 bits per heavy atom. The van der Waals surface area contributed by atoms with Gasteiger partial charge < -0.3 is 40.9 Å². The number of carboxylic acid groups (broad SMARTS) is 1. The molecule has 0 spiro atoms. The van der Waals surface area contributed by atoms with Gasteiger partial charge in [0.25, 0.3) is 0 Å². The van der Waals surface area contributed by atoms with Crippen LogP contribution in [0.25, 0.3) is 0 Å². The number of carbonyl (C=O) groups excluding carboxylic acids is 1. The predicted octanol–water partition coefficient (Wildman–Crippen LogP) is 0.508. The summed E-state index contributed by atoms with van der Waals surface area (Å²) in [6, 6.07) is 3.56. The molecule has 1 heterocycles. The molecule has 11 heteroatoms. The summed E-state index contributed by atoms with van der Waals surface area (Å²) in [5.74, 6) is -1.90. The fourth-order valence-corrected chi connectivity index (χ4v) is 5.22. The topological polar surface area (TPSA) is 166 Å². The van der Waals surface area contributed by atoms with Crippen molar-refractivity contribution < 1.29 is 34.6 Å². The van der Waals surface area contributed by atoms with Crippen LogP contribution in [-0.4, -0.2) is 82.5 Å². The maximum absolute atomic E-state index is 12.6. The van der Waals surface area contributed by atoms with Gasteiger partial charge in [-0.1, -0.05) is 6.07 Å². The minimum atomic E-state index is -1.50. The highest BCUT2D eigenvalue weighted by Gasteiger charge is 2.48. The molecule has 10 nitrogen and oxygen atoms in total. The average Bonchev–Trinajstić information content (AvgIpc) is 3.56. The molecule has 186 valence electrons. The number of nitrogens with zero attached hydrogens (tertiary/aromatic N) is 1. The molecule has 1 aromatic rings. The zero-order valence-corrected chi connectivity index (χ0v) is 19.2. The maximum Gasteiger partial charge on any atom is 0.455 e. The van der Waals surface area contributed by atoms with E-state index in [9.17, 15) is 29.9 Å². The van der Waals surface area contributed by atoms with Crippen LogP contribution < -0.4 is 15.8 Å². The Morgan fingerprint density at radius 2 is 1.88 bits per heavy atom. The normalized spacial score (nSPS) is 26.6. The molecule has 3 fully saturated rings. The fraction of sp³-hybridized carbons (Fsp3) is 0.652. The summed E-state index contributed by atoms with van der Waals surface area (Å²) in [5.41, 5.74) is 5.58. The van der Waals surface area contributed by atoms with Crippen molar-refractivity contribution in [2.45, 2.75) is 62.4 Å². The molecule has 3 aliphatic rings. The molecular formula is C23H34BN3O7. The van der Waals surface area contributed by atoms with Gasteiger partial charge in [0.05, 0.1) is 13.1 Å². The predicted molar refractivity (Wildman–Crippen MR) is 125 cm³/mol. The number of benzene rings is 1. The smallest absolute Gasteiger partial charge is 0.455 e. The minimum Gasteiger partial charge on any atom is -0.507 e. The van der Waals surface area contributed by atoms with Crippen molar-refractivity contribution in [2.24, 2.45) is 11.7 Å². The molecule has 2 aliphatic carbocycles. The number of likely N-dealkylation sites (tertiary alicyclic amines) is 1. The van der Waals surface area contributed by atoms with Gasteiger partial charge in [-0.3, -0.25) is 4.79 Å². The Labute approximate surface area is 199 Å². The third-order valence-corrected chi connectivity index (χ3v) is 7.39. The second-order valence-electron chi connectivity index (χ2n) is 9.80. The van der Waals surface area contributed by atoms with Crippen molar-refractivity contribution in [2.75, 3.05) is 26.2 Å². The number of aromatic carboxylic acids is 1. The van der Waals surface area contributed by atoms with Gasteiger partial charge in [-0.05, 0) is 55.6 Å². The number of nitrogens with two attached hydrogens (primary N) is 1. The van der Waals surface area contributed by atoms with Gasteiger partial charge in [0.1, 0.15) is 23.2 Å². The Bertz CT molecular complexity index is 901. The van der Waals surface area contributed by atoms with Crippen molar-refractivity contribution in [3.05, 3.63) is 23.3 Å². The van der Waals surface area contributed by atoms with Crippen molar-refractivity contribution >= 4 is 19.0 Å². The van der Waals surface area contributed by atoms with Crippen LogP contribution in [0, 0.1) is 5.92 Å². The number of carboxylic acids is 1. The summed E-state index contributed by atoms with van der Waals surface area (Å²) in [5, 5.41) is 42.2. The summed E-state index contributed by atoms with van der Waals surface area (Å²) in [6.07, 6.45) is 4.80.